The molecule has 5 nitrogen and oxygen atoms in total. The van der Waals surface area contributed by atoms with Gasteiger partial charge in [0, 0.05) is 30.4 Å². The first kappa shape index (κ1) is 16.3. The number of ether oxygens (including phenoxy) is 1. The van der Waals surface area contributed by atoms with Gasteiger partial charge in [-0.05, 0) is 17.7 Å². The summed E-state index contributed by atoms with van der Waals surface area (Å²) in [5.41, 5.74) is 2.73. The van der Waals surface area contributed by atoms with Crippen LogP contribution in [0.1, 0.15) is 16.7 Å². The van der Waals surface area contributed by atoms with Crippen molar-refractivity contribution in [3.05, 3.63) is 70.8 Å². The standard InChI is InChI=1S/C18H17N3O2S/c1-23-17(14-5-3-2-4-6-14)18(22)20-11-16-21-15(12-24-16)13-7-9-19-10-8-13/h2-10,12,17H,11H2,1H3,(H,20,22). The van der Waals surface area contributed by atoms with Gasteiger partial charge in [-0.3, -0.25) is 9.78 Å². The minimum Gasteiger partial charge on any atom is -0.367 e. The van der Waals surface area contributed by atoms with Gasteiger partial charge in [-0.2, -0.15) is 0 Å². The lowest BCUT2D eigenvalue weighted by Gasteiger charge is -2.15. The van der Waals surface area contributed by atoms with E-state index in [1.165, 1.54) is 18.4 Å². The molecule has 0 aliphatic carbocycles. The number of nitrogens with one attached hydrogen (secondary N) is 1. The van der Waals surface area contributed by atoms with E-state index in [9.17, 15) is 4.79 Å². The predicted molar refractivity (Wildman–Crippen MR) is 93.4 cm³/mol. The van der Waals surface area contributed by atoms with Crippen LogP contribution in [0, 0.1) is 0 Å². The molecule has 0 aliphatic heterocycles. The number of nitrogens with zero attached hydrogens (tertiary/aromatic N) is 2. The molecule has 0 bridgehead atoms. The van der Waals surface area contributed by atoms with Crippen LogP contribution in [-0.4, -0.2) is 23.0 Å². The summed E-state index contributed by atoms with van der Waals surface area (Å²) in [6.07, 6.45) is 2.85. The Balaban J connectivity index is 1.63. The number of aromatic nitrogens is 2. The molecule has 1 amide bonds. The van der Waals surface area contributed by atoms with Crippen LogP contribution in [0.25, 0.3) is 11.3 Å². The topological polar surface area (TPSA) is 64.1 Å². The van der Waals surface area contributed by atoms with E-state index in [4.69, 9.17) is 4.74 Å². The van der Waals surface area contributed by atoms with E-state index < -0.39 is 6.10 Å². The maximum Gasteiger partial charge on any atom is 0.254 e. The minimum atomic E-state index is -0.620. The zero-order valence-corrected chi connectivity index (χ0v) is 14.0. The summed E-state index contributed by atoms with van der Waals surface area (Å²) >= 11 is 1.51. The van der Waals surface area contributed by atoms with Crippen LogP contribution in [0.5, 0.6) is 0 Å². The SMILES string of the molecule is COC(C(=O)NCc1nc(-c2ccncc2)cs1)c1ccccc1. The molecular formula is C18H17N3O2S. The summed E-state index contributed by atoms with van der Waals surface area (Å²) in [7, 11) is 1.53. The summed E-state index contributed by atoms with van der Waals surface area (Å²) in [6.45, 7) is 0.376. The smallest absolute Gasteiger partial charge is 0.254 e. The first-order valence-corrected chi connectivity index (χ1v) is 8.36. The van der Waals surface area contributed by atoms with Crippen LogP contribution in [-0.2, 0) is 16.1 Å². The van der Waals surface area contributed by atoms with Crippen LogP contribution >= 0.6 is 11.3 Å². The Bertz CT molecular complexity index is 790. The average Bonchev–Trinajstić information content (AvgIpc) is 3.11. The first-order valence-electron chi connectivity index (χ1n) is 7.48. The summed E-state index contributed by atoms with van der Waals surface area (Å²) in [5.74, 6) is -0.177. The molecule has 0 spiro atoms. The molecule has 3 aromatic rings. The Morgan fingerprint density at radius 1 is 1.21 bits per heavy atom. The molecule has 0 radical (unpaired) electrons. The van der Waals surface area contributed by atoms with Crippen molar-refractivity contribution in [3.8, 4) is 11.3 Å². The van der Waals surface area contributed by atoms with E-state index in [2.05, 4.69) is 15.3 Å². The molecule has 0 saturated heterocycles. The van der Waals surface area contributed by atoms with E-state index >= 15 is 0 Å². The highest BCUT2D eigenvalue weighted by molar-refractivity contribution is 7.09. The second-order valence-corrected chi connectivity index (χ2v) is 6.05. The Morgan fingerprint density at radius 3 is 2.67 bits per heavy atom. The molecular weight excluding hydrogens is 322 g/mol. The fraction of sp³-hybridized carbons (Fsp3) is 0.167. The number of carbonyl (C=O) groups is 1. The molecule has 6 heteroatoms. The molecule has 3 rings (SSSR count). The van der Waals surface area contributed by atoms with Gasteiger partial charge in [0.05, 0.1) is 12.2 Å². The van der Waals surface area contributed by atoms with Crippen molar-refractivity contribution in [2.75, 3.05) is 7.11 Å². The molecule has 1 N–H and O–H groups in total. The van der Waals surface area contributed by atoms with Crippen LogP contribution in [0.3, 0.4) is 0 Å². The van der Waals surface area contributed by atoms with Gasteiger partial charge in [-0.1, -0.05) is 30.3 Å². The van der Waals surface area contributed by atoms with Gasteiger partial charge in [0.1, 0.15) is 5.01 Å². The molecule has 0 saturated carbocycles. The maximum absolute atomic E-state index is 12.4. The molecule has 2 aromatic heterocycles. The lowest BCUT2D eigenvalue weighted by Crippen LogP contribution is -2.29. The minimum absolute atomic E-state index is 0.177. The summed E-state index contributed by atoms with van der Waals surface area (Å²) in [5, 5.41) is 5.70. The van der Waals surface area contributed by atoms with Crippen molar-refractivity contribution in [3.63, 3.8) is 0 Å². The monoisotopic (exact) mass is 339 g/mol. The van der Waals surface area contributed by atoms with Gasteiger partial charge in [0.2, 0.25) is 0 Å². The molecule has 1 atom stereocenters. The van der Waals surface area contributed by atoms with Crippen LogP contribution in [0.15, 0.2) is 60.2 Å². The van der Waals surface area contributed by atoms with E-state index in [1.807, 2.05) is 47.8 Å². The van der Waals surface area contributed by atoms with Gasteiger partial charge >= 0.3 is 0 Å². The largest absolute Gasteiger partial charge is 0.367 e. The molecule has 1 unspecified atom stereocenters. The summed E-state index contributed by atoms with van der Waals surface area (Å²) in [4.78, 5) is 20.9. The number of thiazole rings is 1. The number of hydrogen-bond acceptors (Lipinski definition) is 5. The highest BCUT2D eigenvalue weighted by Gasteiger charge is 2.19. The molecule has 2 heterocycles. The molecule has 0 fully saturated rings. The molecule has 24 heavy (non-hydrogen) atoms. The molecule has 122 valence electrons. The second kappa shape index (κ2) is 7.81. The fourth-order valence-electron chi connectivity index (χ4n) is 2.33. The third kappa shape index (κ3) is 3.84. The third-order valence-electron chi connectivity index (χ3n) is 3.52. The van der Waals surface area contributed by atoms with E-state index in [0.717, 1.165) is 21.8 Å². The predicted octanol–water partition coefficient (Wildman–Crippen LogP) is 3.21. The number of pyridine rings is 1. The Hall–Kier alpha value is -2.57. The van der Waals surface area contributed by atoms with Crippen molar-refractivity contribution >= 4 is 17.2 Å². The van der Waals surface area contributed by atoms with Crippen molar-refractivity contribution < 1.29 is 9.53 Å². The zero-order chi connectivity index (χ0) is 16.8. The second-order valence-electron chi connectivity index (χ2n) is 5.11. The van der Waals surface area contributed by atoms with Crippen LogP contribution in [0.2, 0.25) is 0 Å². The first-order chi connectivity index (χ1) is 11.8. The lowest BCUT2D eigenvalue weighted by molar-refractivity contribution is -0.131. The Labute approximate surface area is 144 Å². The van der Waals surface area contributed by atoms with Crippen molar-refractivity contribution in [1.29, 1.82) is 0 Å². The van der Waals surface area contributed by atoms with Crippen molar-refractivity contribution in [2.45, 2.75) is 12.6 Å². The highest BCUT2D eigenvalue weighted by atomic mass is 32.1. The Morgan fingerprint density at radius 2 is 1.96 bits per heavy atom. The lowest BCUT2D eigenvalue weighted by atomic mass is 10.1. The Kier molecular flexibility index (Phi) is 5.30. The van der Waals surface area contributed by atoms with Crippen molar-refractivity contribution in [2.24, 2.45) is 0 Å². The number of methoxy groups -OCH3 is 1. The van der Waals surface area contributed by atoms with Gasteiger partial charge in [-0.25, -0.2) is 4.98 Å². The van der Waals surface area contributed by atoms with Gasteiger partial charge in [0.15, 0.2) is 6.10 Å². The third-order valence-corrected chi connectivity index (χ3v) is 4.37. The highest BCUT2D eigenvalue weighted by Crippen LogP contribution is 2.21. The average molecular weight is 339 g/mol. The maximum atomic E-state index is 12.4. The fourth-order valence-corrected chi connectivity index (χ4v) is 3.07. The molecule has 1 aromatic carbocycles. The van der Waals surface area contributed by atoms with Gasteiger partial charge < -0.3 is 10.1 Å². The molecule has 0 aliphatic rings. The summed E-state index contributed by atoms with van der Waals surface area (Å²) < 4.78 is 5.33. The van der Waals surface area contributed by atoms with Gasteiger partial charge in [-0.15, -0.1) is 11.3 Å². The number of benzene rings is 1. The van der Waals surface area contributed by atoms with E-state index in [1.54, 1.807) is 12.4 Å². The van der Waals surface area contributed by atoms with Gasteiger partial charge in [0.25, 0.3) is 5.91 Å². The summed E-state index contributed by atoms with van der Waals surface area (Å²) in [6, 6.07) is 13.2. The van der Waals surface area contributed by atoms with E-state index in [-0.39, 0.29) is 5.91 Å². The number of rotatable bonds is 6. The normalized spacial score (nSPS) is 11.9. The number of amides is 1. The van der Waals surface area contributed by atoms with E-state index in [0.29, 0.717) is 6.54 Å². The quantitative estimate of drug-likeness (QED) is 0.749. The number of carbonyl (C=O) groups excluding carboxylic acids is 1. The zero-order valence-electron chi connectivity index (χ0n) is 13.2. The number of hydrogen-bond donors (Lipinski definition) is 1. The van der Waals surface area contributed by atoms with Crippen LogP contribution in [0.4, 0.5) is 0 Å². The van der Waals surface area contributed by atoms with Crippen molar-refractivity contribution in [1.82, 2.24) is 15.3 Å². The van der Waals surface area contributed by atoms with Crippen LogP contribution < -0.4 is 5.32 Å².